The van der Waals surface area contributed by atoms with Crippen LogP contribution in [0.5, 0.6) is 0 Å². The number of rotatable bonds is 5. The molecule has 0 fully saturated rings. The van der Waals surface area contributed by atoms with E-state index in [-0.39, 0.29) is 5.56 Å². The van der Waals surface area contributed by atoms with Gasteiger partial charge < -0.3 is 11.1 Å². The number of hydroxylamine groups is 1. The maximum Gasteiger partial charge on any atom is 0.268 e. The lowest BCUT2D eigenvalue weighted by atomic mass is 9.92. The molecule has 0 spiro atoms. The molecule has 1 unspecified atom stereocenters. The van der Waals surface area contributed by atoms with E-state index in [1.165, 1.54) is 28.9 Å². The third kappa shape index (κ3) is 5.10. The van der Waals surface area contributed by atoms with Gasteiger partial charge in [-0.1, -0.05) is 17.9 Å². The van der Waals surface area contributed by atoms with Crippen LogP contribution in [-0.2, 0) is 4.79 Å². The number of carbonyl (C=O) groups excluding carboxylic acids is 2. The first-order valence-electron chi connectivity index (χ1n) is 7.73. The Hall–Kier alpha value is -2.80. The topological polar surface area (TPSA) is 104 Å². The number of amides is 2. The molecule has 27 heavy (non-hydrogen) atoms. The first-order chi connectivity index (χ1) is 12.8. The average molecular weight is 393 g/mol. The maximum absolute atomic E-state index is 13.1. The first kappa shape index (κ1) is 20.5. The van der Waals surface area contributed by atoms with Crippen molar-refractivity contribution < 1.29 is 23.6 Å². The summed E-state index contributed by atoms with van der Waals surface area (Å²) in [7, 11) is 0. The van der Waals surface area contributed by atoms with Crippen molar-refractivity contribution >= 4 is 23.2 Å². The van der Waals surface area contributed by atoms with Gasteiger partial charge in [0.1, 0.15) is 11.6 Å². The van der Waals surface area contributed by atoms with Gasteiger partial charge in [-0.2, -0.15) is 0 Å². The second-order valence-electron chi connectivity index (χ2n) is 5.85. The number of benzene rings is 1. The third-order valence-electron chi connectivity index (χ3n) is 3.74. The minimum Gasteiger partial charge on any atom is -0.338 e. The molecule has 0 aliphatic rings. The van der Waals surface area contributed by atoms with E-state index >= 15 is 0 Å². The van der Waals surface area contributed by atoms with E-state index in [0.717, 1.165) is 11.8 Å². The van der Waals surface area contributed by atoms with Crippen molar-refractivity contribution in [2.45, 2.75) is 24.9 Å². The highest BCUT2D eigenvalue weighted by atomic mass is 32.1. The van der Waals surface area contributed by atoms with Gasteiger partial charge in [0, 0.05) is 11.1 Å². The quantitative estimate of drug-likeness (QED) is 0.353. The summed E-state index contributed by atoms with van der Waals surface area (Å²) in [4.78, 5) is 24.9. The van der Waals surface area contributed by atoms with Gasteiger partial charge in [-0.3, -0.25) is 14.8 Å². The Balaban J connectivity index is 2.15. The van der Waals surface area contributed by atoms with Gasteiger partial charge in [-0.25, -0.2) is 14.3 Å². The maximum atomic E-state index is 13.1. The summed E-state index contributed by atoms with van der Waals surface area (Å²) in [5.74, 6) is 3.86. The van der Waals surface area contributed by atoms with Crippen molar-refractivity contribution in [1.29, 1.82) is 0 Å². The highest BCUT2D eigenvalue weighted by molar-refractivity contribution is 7.10. The van der Waals surface area contributed by atoms with E-state index < -0.39 is 29.8 Å². The van der Waals surface area contributed by atoms with Crippen LogP contribution in [0.25, 0.3) is 0 Å². The summed E-state index contributed by atoms with van der Waals surface area (Å²) < 4.78 is 26.2. The fraction of sp³-hybridized carbons (Fsp3) is 0.222. The molecular weight excluding hydrogens is 376 g/mol. The number of halogens is 2. The molecule has 9 heteroatoms. The molecular formula is C18H17F2N3O3S. The van der Waals surface area contributed by atoms with Crippen LogP contribution < -0.4 is 16.5 Å². The number of hydrogen-bond acceptors (Lipinski definition) is 5. The van der Waals surface area contributed by atoms with Gasteiger partial charge in [0.2, 0.25) is 0 Å². The van der Waals surface area contributed by atoms with Crippen molar-refractivity contribution in [2.75, 3.05) is 0 Å². The van der Waals surface area contributed by atoms with Gasteiger partial charge >= 0.3 is 0 Å². The van der Waals surface area contributed by atoms with Crippen molar-refractivity contribution in [2.24, 2.45) is 5.73 Å². The van der Waals surface area contributed by atoms with Crippen LogP contribution in [0, 0.1) is 11.8 Å². The van der Waals surface area contributed by atoms with Crippen molar-refractivity contribution in [1.82, 2.24) is 10.8 Å². The molecule has 2 atom stereocenters. The number of hydrogen-bond donors (Lipinski definition) is 4. The molecule has 0 radical (unpaired) electrons. The Kier molecular flexibility index (Phi) is 6.63. The van der Waals surface area contributed by atoms with Crippen molar-refractivity contribution in [3.63, 3.8) is 0 Å². The Morgan fingerprint density at radius 2 is 1.89 bits per heavy atom. The highest BCUT2D eigenvalue weighted by Crippen LogP contribution is 2.18. The molecule has 1 aromatic carbocycles. The molecule has 0 bridgehead atoms. The Labute approximate surface area is 158 Å². The average Bonchev–Trinajstić information content (AvgIpc) is 3.17. The summed E-state index contributed by atoms with van der Waals surface area (Å²) >= 11 is 1.50. The minimum atomic E-state index is -3.12. The van der Waals surface area contributed by atoms with Gasteiger partial charge in [-0.05, 0) is 42.6 Å². The number of nitrogens with two attached hydrogens (primary N) is 1. The largest absolute Gasteiger partial charge is 0.338 e. The molecule has 0 aliphatic carbocycles. The molecule has 0 saturated heterocycles. The molecule has 0 saturated carbocycles. The number of carbonyl (C=O) groups is 2. The van der Waals surface area contributed by atoms with E-state index in [1.807, 2.05) is 17.5 Å². The SMILES string of the molecule is CC(N)(C(F)F)[C@H](NC(=O)c1ccc(C#Cc2cccs2)cc1)C(=O)NO. The monoisotopic (exact) mass is 393 g/mol. The van der Waals surface area contributed by atoms with Crippen molar-refractivity contribution in [3.8, 4) is 11.8 Å². The summed E-state index contributed by atoms with van der Waals surface area (Å²) in [6.45, 7) is 0.904. The van der Waals surface area contributed by atoms with E-state index in [9.17, 15) is 18.4 Å². The second kappa shape index (κ2) is 8.73. The zero-order chi connectivity index (χ0) is 20.0. The molecule has 142 valence electrons. The minimum absolute atomic E-state index is 0.123. The summed E-state index contributed by atoms with van der Waals surface area (Å²) in [5.41, 5.74) is 5.10. The zero-order valence-electron chi connectivity index (χ0n) is 14.2. The Bertz CT molecular complexity index is 856. The van der Waals surface area contributed by atoms with E-state index in [0.29, 0.717) is 5.56 Å². The summed E-state index contributed by atoms with van der Waals surface area (Å²) in [6.07, 6.45) is -3.12. The fourth-order valence-corrected chi connectivity index (χ4v) is 2.67. The molecule has 2 rings (SSSR count). The van der Waals surface area contributed by atoms with Gasteiger partial charge in [-0.15, -0.1) is 11.3 Å². The lowest BCUT2D eigenvalue weighted by Crippen LogP contribution is -2.66. The molecule has 2 amide bonds. The molecule has 1 aromatic heterocycles. The highest BCUT2D eigenvalue weighted by Gasteiger charge is 2.44. The van der Waals surface area contributed by atoms with Crippen LogP contribution >= 0.6 is 11.3 Å². The van der Waals surface area contributed by atoms with Crippen LogP contribution in [0.15, 0.2) is 41.8 Å². The fourth-order valence-electron chi connectivity index (χ4n) is 2.10. The summed E-state index contributed by atoms with van der Waals surface area (Å²) in [5, 5.41) is 12.8. The lowest BCUT2D eigenvalue weighted by molar-refractivity contribution is -0.134. The zero-order valence-corrected chi connectivity index (χ0v) is 15.0. The third-order valence-corrected chi connectivity index (χ3v) is 4.52. The first-order valence-corrected chi connectivity index (χ1v) is 8.61. The predicted molar refractivity (Wildman–Crippen MR) is 96.5 cm³/mol. The Morgan fingerprint density at radius 1 is 1.22 bits per heavy atom. The van der Waals surface area contributed by atoms with Crippen LogP contribution in [0.3, 0.4) is 0 Å². The second-order valence-corrected chi connectivity index (χ2v) is 6.80. The molecule has 6 nitrogen and oxygen atoms in total. The van der Waals surface area contributed by atoms with E-state index in [2.05, 4.69) is 17.2 Å². The van der Waals surface area contributed by atoms with Gasteiger partial charge in [0.15, 0.2) is 0 Å². The Morgan fingerprint density at radius 3 is 2.41 bits per heavy atom. The number of alkyl halides is 2. The number of nitrogens with one attached hydrogen (secondary N) is 2. The van der Waals surface area contributed by atoms with Crippen LogP contribution in [-0.4, -0.2) is 35.0 Å². The van der Waals surface area contributed by atoms with Crippen molar-refractivity contribution in [3.05, 3.63) is 57.8 Å². The van der Waals surface area contributed by atoms with Crippen LogP contribution in [0.2, 0.25) is 0 Å². The standard InChI is InChI=1S/C18H17F2N3O3S/c1-18(21,17(19)20)14(16(25)23-26)22-15(24)12-7-4-11(5-8-12)6-9-13-3-2-10-27-13/h2-5,7-8,10,14,17,26H,21H2,1H3,(H,22,24)(H,23,25)/t14-,18?/m1/s1. The number of thiophene rings is 1. The van der Waals surface area contributed by atoms with Gasteiger partial charge in [0.05, 0.1) is 4.88 Å². The van der Waals surface area contributed by atoms with Gasteiger partial charge in [0.25, 0.3) is 18.2 Å². The molecule has 2 aromatic rings. The summed E-state index contributed by atoms with van der Waals surface area (Å²) in [6, 6.07) is 7.98. The molecule has 1 heterocycles. The smallest absolute Gasteiger partial charge is 0.268 e. The van der Waals surface area contributed by atoms with E-state index in [1.54, 1.807) is 12.1 Å². The molecule has 5 N–H and O–H groups in total. The molecule has 0 aliphatic heterocycles. The lowest BCUT2D eigenvalue weighted by Gasteiger charge is -2.32. The van der Waals surface area contributed by atoms with Crippen LogP contribution in [0.4, 0.5) is 8.78 Å². The van der Waals surface area contributed by atoms with E-state index in [4.69, 9.17) is 10.9 Å². The predicted octanol–water partition coefficient (Wildman–Crippen LogP) is 1.73. The van der Waals surface area contributed by atoms with Crippen LogP contribution in [0.1, 0.15) is 27.7 Å². The normalized spacial score (nSPS) is 13.9.